The molecule has 0 saturated heterocycles. The van der Waals surface area contributed by atoms with Gasteiger partial charge in [0.1, 0.15) is 0 Å². The van der Waals surface area contributed by atoms with Crippen molar-refractivity contribution >= 4 is 23.5 Å². The van der Waals surface area contributed by atoms with Crippen molar-refractivity contribution in [2.24, 2.45) is 11.8 Å². The number of ether oxygens (including phenoxy) is 1. The van der Waals surface area contributed by atoms with E-state index < -0.39 is 5.97 Å². The van der Waals surface area contributed by atoms with Gasteiger partial charge >= 0.3 is 5.97 Å². The molecule has 0 aliphatic heterocycles. The second-order valence-corrected chi connectivity index (χ2v) is 7.53. The van der Waals surface area contributed by atoms with E-state index in [0.29, 0.717) is 23.1 Å². The van der Waals surface area contributed by atoms with Crippen molar-refractivity contribution < 1.29 is 23.5 Å². The zero-order chi connectivity index (χ0) is 20.8. The highest BCUT2D eigenvalue weighted by Crippen LogP contribution is 2.29. The molecule has 0 unspecified atom stereocenters. The molecule has 0 radical (unpaired) electrons. The van der Waals surface area contributed by atoms with Gasteiger partial charge in [-0.3, -0.25) is 9.59 Å². The highest BCUT2D eigenvalue weighted by atomic mass is 16.5. The van der Waals surface area contributed by atoms with Crippen LogP contribution in [0, 0.1) is 11.8 Å². The number of furan rings is 1. The molecule has 1 heterocycles. The molecule has 1 saturated carbocycles. The average molecular weight is 398 g/mol. The molecule has 1 aliphatic carbocycles. The smallest absolute Gasteiger partial charge is 0.338 e. The average Bonchev–Trinajstić information content (AvgIpc) is 3.25. The molecule has 1 fully saturated rings. The second-order valence-electron chi connectivity index (χ2n) is 7.53. The van der Waals surface area contributed by atoms with Crippen molar-refractivity contribution in [3.05, 3.63) is 54.0 Å². The summed E-state index contributed by atoms with van der Waals surface area (Å²) in [6.07, 6.45) is 4.65. The fourth-order valence-corrected chi connectivity index (χ4v) is 3.54. The van der Waals surface area contributed by atoms with Gasteiger partial charge in [-0.05, 0) is 54.7 Å². The first-order valence-electron chi connectivity index (χ1n) is 9.85. The molecule has 7 heteroatoms. The van der Waals surface area contributed by atoms with E-state index >= 15 is 0 Å². The molecule has 0 bridgehead atoms. The van der Waals surface area contributed by atoms with Gasteiger partial charge in [0.15, 0.2) is 12.4 Å². The SMILES string of the molecule is C[C@@H]1[C@H](C)CCC[C@@H]1NC(=O)COC(=O)c1ccc(NC(=O)c2ccco2)cc1. The molecule has 3 atom stereocenters. The van der Waals surface area contributed by atoms with Crippen LogP contribution in [0.2, 0.25) is 0 Å². The molecule has 2 N–H and O–H groups in total. The van der Waals surface area contributed by atoms with E-state index in [4.69, 9.17) is 9.15 Å². The number of amides is 2. The Morgan fingerprint density at radius 3 is 2.55 bits per heavy atom. The number of carbonyl (C=O) groups excluding carboxylic acids is 3. The van der Waals surface area contributed by atoms with Crippen molar-refractivity contribution in [3.8, 4) is 0 Å². The van der Waals surface area contributed by atoms with Gasteiger partial charge in [-0.15, -0.1) is 0 Å². The van der Waals surface area contributed by atoms with Crippen LogP contribution >= 0.6 is 0 Å². The summed E-state index contributed by atoms with van der Waals surface area (Å²) in [5.74, 6) is -0.0779. The number of hydrogen-bond acceptors (Lipinski definition) is 5. The summed E-state index contributed by atoms with van der Waals surface area (Å²) in [5, 5.41) is 5.64. The molecule has 2 amide bonds. The van der Waals surface area contributed by atoms with Gasteiger partial charge in [0.2, 0.25) is 0 Å². The van der Waals surface area contributed by atoms with Crippen LogP contribution in [0.4, 0.5) is 5.69 Å². The number of nitrogens with one attached hydrogen (secondary N) is 2. The van der Waals surface area contributed by atoms with Gasteiger partial charge < -0.3 is 19.8 Å². The third kappa shape index (κ3) is 5.47. The van der Waals surface area contributed by atoms with Crippen LogP contribution in [0.15, 0.2) is 47.1 Å². The monoisotopic (exact) mass is 398 g/mol. The van der Waals surface area contributed by atoms with Gasteiger partial charge in [0.05, 0.1) is 11.8 Å². The Balaban J connectivity index is 1.46. The van der Waals surface area contributed by atoms with E-state index in [9.17, 15) is 14.4 Å². The number of benzene rings is 1. The van der Waals surface area contributed by atoms with Crippen LogP contribution in [0.3, 0.4) is 0 Å². The maximum absolute atomic E-state index is 12.2. The highest BCUT2D eigenvalue weighted by Gasteiger charge is 2.28. The lowest BCUT2D eigenvalue weighted by atomic mass is 9.78. The molecule has 0 spiro atoms. The van der Waals surface area contributed by atoms with Crippen molar-refractivity contribution in [2.45, 2.75) is 39.2 Å². The number of hydrogen-bond donors (Lipinski definition) is 2. The van der Waals surface area contributed by atoms with Gasteiger partial charge in [0, 0.05) is 11.7 Å². The fourth-order valence-electron chi connectivity index (χ4n) is 3.54. The van der Waals surface area contributed by atoms with E-state index in [2.05, 4.69) is 24.5 Å². The van der Waals surface area contributed by atoms with Crippen molar-refractivity contribution in [1.82, 2.24) is 5.32 Å². The molecule has 1 aromatic carbocycles. The first-order valence-corrected chi connectivity index (χ1v) is 9.85. The number of esters is 1. The minimum Gasteiger partial charge on any atom is -0.459 e. The van der Waals surface area contributed by atoms with Crippen molar-refractivity contribution in [3.63, 3.8) is 0 Å². The normalized spacial score (nSPS) is 21.2. The van der Waals surface area contributed by atoms with E-state index in [0.717, 1.165) is 12.8 Å². The van der Waals surface area contributed by atoms with Gasteiger partial charge in [-0.25, -0.2) is 4.79 Å². The Morgan fingerprint density at radius 1 is 1.10 bits per heavy atom. The van der Waals surface area contributed by atoms with Crippen LogP contribution in [0.25, 0.3) is 0 Å². The summed E-state index contributed by atoms with van der Waals surface area (Å²) < 4.78 is 10.1. The molecule has 3 rings (SSSR count). The molecule has 7 nitrogen and oxygen atoms in total. The molecular formula is C22H26N2O5. The van der Waals surface area contributed by atoms with Gasteiger partial charge in [0.25, 0.3) is 11.8 Å². The maximum atomic E-state index is 12.2. The lowest BCUT2D eigenvalue weighted by Gasteiger charge is -2.34. The third-order valence-electron chi connectivity index (χ3n) is 5.51. The van der Waals surface area contributed by atoms with E-state index in [1.165, 1.54) is 24.8 Å². The van der Waals surface area contributed by atoms with Crippen LogP contribution in [0.5, 0.6) is 0 Å². The molecule has 2 aromatic rings. The zero-order valence-electron chi connectivity index (χ0n) is 16.6. The quantitative estimate of drug-likeness (QED) is 0.724. The van der Waals surface area contributed by atoms with Crippen LogP contribution in [-0.2, 0) is 9.53 Å². The first kappa shape index (κ1) is 20.6. The van der Waals surface area contributed by atoms with Gasteiger partial charge in [-0.1, -0.05) is 26.7 Å². The topological polar surface area (TPSA) is 97.6 Å². The second kappa shape index (κ2) is 9.41. The molecule has 29 heavy (non-hydrogen) atoms. The zero-order valence-corrected chi connectivity index (χ0v) is 16.6. The minimum atomic E-state index is -0.589. The Morgan fingerprint density at radius 2 is 1.86 bits per heavy atom. The fraction of sp³-hybridized carbons (Fsp3) is 0.409. The molecular weight excluding hydrogens is 372 g/mol. The summed E-state index contributed by atoms with van der Waals surface area (Å²) >= 11 is 0. The Labute approximate surface area is 169 Å². The van der Waals surface area contributed by atoms with E-state index in [1.54, 1.807) is 24.3 Å². The molecule has 1 aromatic heterocycles. The number of anilines is 1. The molecule has 1 aliphatic rings. The minimum absolute atomic E-state index is 0.127. The summed E-state index contributed by atoms with van der Waals surface area (Å²) in [5.41, 5.74) is 0.814. The predicted octanol–water partition coefficient (Wildman–Crippen LogP) is 3.63. The van der Waals surface area contributed by atoms with Crippen LogP contribution in [-0.4, -0.2) is 30.4 Å². The third-order valence-corrected chi connectivity index (χ3v) is 5.51. The Kier molecular flexibility index (Phi) is 6.69. The predicted molar refractivity (Wildman–Crippen MR) is 107 cm³/mol. The number of carbonyl (C=O) groups is 3. The highest BCUT2D eigenvalue weighted by molar-refractivity contribution is 6.02. The van der Waals surface area contributed by atoms with Crippen LogP contribution in [0.1, 0.15) is 54.0 Å². The lowest BCUT2D eigenvalue weighted by molar-refractivity contribution is -0.125. The maximum Gasteiger partial charge on any atom is 0.338 e. The Hall–Kier alpha value is -3.09. The summed E-state index contributed by atoms with van der Waals surface area (Å²) in [4.78, 5) is 36.3. The summed E-state index contributed by atoms with van der Waals surface area (Å²) in [7, 11) is 0. The van der Waals surface area contributed by atoms with Crippen molar-refractivity contribution in [1.29, 1.82) is 0 Å². The Bertz CT molecular complexity index is 845. The summed E-state index contributed by atoms with van der Waals surface area (Å²) in [6.45, 7) is 4.03. The lowest BCUT2D eigenvalue weighted by Crippen LogP contribution is -2.45. The van der Waals surface area contributed by atoms with E-state index in [1.807, 2.05) is 0 Å². The van der Waals surface area contributed by atoms with Crippen LogP contribution < -0.4 is 10.6 Å². The first-order chi connectivity index (χ1) is 13.9. The molecule has 154 valence electrons. The van der Waals surface area contributed by atoms with E-state index in [-0.39, 0.29) is 30.2 Å². The van der Waals surface area contributed by atoms with Crippen molar-refractivity contribution in [2.75, 3.05) is 11.9 Å². The standard InChI is InChI=1S/C22H26N2O5/c1-14-5-3-6-18(15(14)2)24-20(25)13-29-22(27)16-8-10-17(11-9-16)23-21(26)19-7-4-12-28-19/h4,7-12,14-15,18H,3,5-6,13H2,1-2H3,(H,23,26)(H,24,25)/t14-,15-,18+/m1/s1. The van der Waals surface area contributed by atoms with Gasteiger partial charge in [-0.2, -0.15) is 0 Å². The summed E-state index contributed by atoms with van der Waals surface area (Å²) in [6, 6.07) is 9.54. The number of rotatable bonds is 6. The largest absolute Gasteiger partial charge is 0.459 e.